The van der Waals surface area contributed by atoms with Gasteiger partial charge in [-0.2, -0.15) is 0 Å². The van der Waals surface area contributed by atoms with E-state index in [-0.39, 0.29) is 11.6 Å². The number of hydrogen-bond donors (Lipinski definition) is 2. The van der Waals surface area contributed by atoms with Gasteiger partial charge in [-0.15, -0.1) is 0 Å². The molecule has 7 heteroatoms. The number of carbonyl (C=O) groups excluding carboxylic acids is 1. The molecule has 0 heterocycles. The Morgan fingerprint density at radius 3 is 2.41 bits per heavy atom. The Hall–Kier alpha value is -2.54. The molecule has 0 aliphatic heterocycles. The number of nitrogens with one attached hydrogen (secondary N) is 2. The van der Waals surface area contributed by atoms with Crippen LogP contribution in [0.1, 0.15) is 53.6 Å². The molecule has 0 saturated heterocycles. The van der Waals surface area contributed by atoms with Crippen LogP contribution in [0.2, 0.25) is 0 Å². The van der Waals surface area contributed by atoms with Gasteiger partial charge in [0.1, 0.15) is 5.75 Å². The predicted molar refractivity (Wildman–Crippen MR) is 115 cm³/mol. The van der Waals surface area contributed by atoms with Gasteiger partial charge in [0, 0.05) is 6.54 Å². The van der Waals surface area contributed by atoms with E-state index in [1.54, 1.807) is 18.2 Å². The molecule has 0 spiro atoms. The van der Waals surface area contributed by atoms with Gasteiger partial charge in [-0.3, -0.25) is 9.52 Å². The first-order valence-electron chi connectivity index (χ1n) is 9.92. The van der Waals surface area contributed by atoms with Crippen molar-refractivity contribution in [1.82, 2.24) is 5.32 Å². The minimum atomic E-state index is -3.47. The standard InChI is InChI=1S/C22H28N2O4S/c1-16-8-13-21(24-29(2,26)27)20(14-16)22(25)23-15-17-9-11-19(12-10-17)28-18-6-4-3-5-7-18/h8-14,18,24H,3-7,15H2,1-2H3,(H,23,25). The lowest BCUT2D eigenvalue weighted by Crippen LogP contribution is -2.25. The topological polar surface area (TPSA) is 84.5 Å². The molecule has 0 bridgehead atoms. The lowest BCUT2D eigenvalue weighted by molar-refractivity contribution is 0.0951. The van der Waals surface area contributed by atoms with E-state index in [1.807, 2.05) is 31.2 Å². The fourth-order valence-electron chi connectivity index (χ4n) is 3.47. The summed E-state index contributed by atoms with van der Waals surface area (Å²) in [6.07, 6.45) is 7.33. The summed E-state index contributed by atoms with van der Waals surface area (Å²) in [6, 6.07) is 12.8. The molecule has 156 valence electrons. The van der Waals surface area contributed by atoms with Crippen LogP contribution >= 0.6 is 0 Å². The van der Waals surface area contributed by atoms with Gasteiger partial charge in [0.2, 0.25) is 10.0 Å². The molecular weight excluding hydrogens is 388 g/mol. The summed E-state index contributed by atoms with van der Waals surface area (Å²) in [7, 11) is -3.47. The van der Waals surface area contributed by atoms with Crippen LogP contribution in [-0.4, -0.2) is 26.7 Å². The smallest absolute Gasteiger partial charge is 0.253 e. The van der Waals surface area contributed by atoms with E-state index in [4.69, 9.17) is 4.74 Å². The molecule has 29 heavy (non-hydrogen) atoms. The Morgan fingerprint density at radius 2 is 1.76 bits per heavy atom. The molecular formula is C22H28N2O4S. The van der Waals surface area contributed by atoms with Crippen LogP contribution in [0.3, 0.4) is 0 Å². The lowest BCUT2D eigenvalue weighted by Gasteiger charge is -2.23. The summed E-state index contributed by atoms with van der Waals surface area (Å²) in [5, 5.41) is 2.85. The number of sulfonamides is 1. The number of hydrogen-bond acceptors (Lipinski definition) is 4. The molecule has 0 radical (unpaired) electrons. The highest BCUT2D eigenvalue weighted by Gasteiger charge is 2.16. The third kappa shape index (κ3) is 6.49. The largest absolute Gasteiger partial charge is 0.490 e. The first-order chi connectivity index (χ1) is 13.8. The second-order valence-corrected chi connectivity index (χ2v) is 9.38. The minimum absolute atomic E-state index is 0.270. The maximum Gasteiger partial charge on any atom is 0.253 e. The Kier molecular flexibility index (Phi) is 6.79. The summed E-state index contributed by atoms with van der Waals surface area (Å²) >= 11 is 0. The van der Waals surface area contributed by atoms with E-state index in [1.165, 1.54) is 19.3 Å². The number of aryl methyl sites for hydroxylation is 1. The highest BCUT2D eigenvalue weighted by molar-refractivity contribution is 7.92. The fourth-order valence-corrected chi connectivity index (χ4v) is 4.05. The second-order valence-electron chi connectivity index (χ2n) is 7.63. The van der Waals surface area contributed by atoms with Crippen LogP contribution in [0.25, 0.3) is 0 Å². The maximum atomic E-state index is 12.6. The predicted octanol–water partition coefficient (Wildman–Crippen LogP) is 4.01. The SMILES string of the molecule is Cc1ccc(NS(C)(=O)=O)c(C(=O)NCc2ccc(OC3CCCCC3)cc2)c1. The molecule has 1 amide bonds. The van der Waals surface area contributed by atoms with Crippen LogP contribution in [-0.2, 0) is 16.6 Å². The van der Waals surface area contributed by atoms with Crippen LogP contribution in [0.5, 0.6) is 5.75 Å². The highest BCUT2D eigenvalue weighted by atomic mass is 32.2. The van der Waals surface area contributed by atoms with Crippen molar-refractivity contribution in [3.05, 3.63) is 59.2 Å². The molecule has 1 aliphatic rings. The molecule has 6 nitrogen and oxygen atoms in total. The average molecular weight is 417 g/mol. The number of rotatable bonds is 7. The summed E-state index contributed by atoms with van der Waals surface area (Å²) in [4.78, 5) is 12.6. The van der Waals surface area contributed by atoms with E-state index in [9.17, 15) is 13.2 Å². The number of anilines is 1. The van der Waals surface area contributed by atoms with Crippen molar-refractivity contribution in [2.24, 2.45) is 0 Å². The van der Waals surface area contributed by atoms with Crippen molar-refractivity contribution >= 4 is 21.6 Å². The van der Waals surface area contributed by atoms with E-state index in [0.717, 1.165) is 36.0 Å². The molecule has 1 fully saturated rings. The monoisotopic (exact) mass is 416 g/mol. The van der Waals surface area contributed by atoms with Crippen molar-refractivity contribution in [3.8, 4) is 5.75 Å². The summed E-state index contributed by atoms with van der Waals surface area (Å²) < 4.78 is 31.5. The van der Waals surface area contributed by atoms with Gasteiger partial charge >= 0.3 is 0 Å². The van der Waals surface area contributed by atoms with Crippen molar-refractivity contribution < 1.29 is 17.9 Å². The number of benzene rings is 2. The first-order valence-corrected chi connectivity index (χ1v) is 11.8. The van der Waals surface area contributed by atoms with Gasteiger partial charge < -0.3 is 10.1 Å². The molecule has 0 unspecified atom stereocenters. The zero-order chi connectivity index (χ0) is 20.9. The molecule has 2 aromatic rings. The molecule has 2 aromatic carbocycles. The third-order valence-corrected chi connectivity index (χ3v) is 5.54. The summed E-state index contributed by atoms with van der Waals surface area (Å²) in [6.45, 7) is 2.20. The van der Waals surface area contributed by atoms with E-state index in [0.29, 0.717) is 18.2 Å². The zero-order valence-corrected chi connectivity index (χ0v) is 17.7. The highest BCUT2D eigenvalue weighted by Crippen LogP contribution is 2.24. The zero-order valence-electron chi connectivity index (χ0n) is 16.9. The molecule has 3 rings (SSSR count). The van der Waals surface area contributed by atoms with E-state index in [2.05, 4.69) is 10.0 Å². The van der Waals surface area contributed by atoms with Crippen molar-refractivity contribution in [2.45, 2.75) is 51.7 Å². The summed E-state index contributed by atoms with van der Waals surface area (Å²) in [5.41, 5.74) is 2.39. The Balaban J connectivity index is 1.61. The van der Waals surface area contributed by atoms with Crippen LogP contribution in [0, 0.1) is 6.92 Å². The Morgan fingerprint density at radius 1 is 1.07 bits per heavy atom. The number of amides is 1. The quantitative estimate of drug-likeness (QED) is 0.714. The normalized spacial score (nSPS) is 15.0. The maximum absolute atomic E-state index is 12.6. The van der Waals surface area contributed by atoms with Gasteiger partial charge in [-0.25, -0.2) is 8.42 Å². The van der Waals surface area contributed by atoms with Crippen molar-refractivity contribution in [3.63, 3.8) is 0 Å². The Labute approximate surface area is 172 Å². The van der Waals surface area contributed by atoms with Crippen LogP contribution < -0.4 is 14.8 Å². The van der Waals surface area contributed by atoms with Gasteiger partial charge in [-0.05, 0) is 62.4 Å². The van der Waals surface area contributed by atoms with E-state index < -0.39 is 10.0 Å². The number of carbonyl (C=O) groups is 1. The fraction of sp³-hybridized carbons (Fsp3) is 0.409. The molecule has 1 aliphatic carbocycles. The van der Waals surface area contributed by atoms with Crippen molar-refractivity contribution in [2.75, 3.05) is 11.0 Å². The van der Waals surface area contributed by atoms with Gasteiger partial charge in [0.25, 0.3) is 5.91 Å². The average Bonchev–Trinajstić information content (AvgIpc) is 2.68. The molecule has 0 aromatic heterocycles. The summed E-state index contributed by atoms with van der Waals surface area (Å²) in [5.74, 6) is 0.521. The third-order valence-electron chi connectivity index (χ3n) is 4.95. The van der Waals surface area contributed by atoms with E-state index >= 15 is 0 Å². The number of ether oxygens (including phenoxy) is 1. The Bertz CT molecular complexity index is 949. The van der Waals surface area contributed by atoms with Gasteiger partial charge in [-0.1, -0.05) is 30.2 Å². The first kappa shape index (κ1) is 21.2. The van der Waals surface area contributed by atoms with Gasteiger partial charge in [0.15, 0.2) is 0 Å². The molecule has 1 saturated carbocycles. The van der Waals surface area contributed by atoms with Gasteiger partial charge in [0.05, 0.1) is 23.6 Å². The lowest BCUT2D eigenvalue weighted by atomic mass is 9.98. The van der Waals surface area contributed by atoms with Crippen molar-refractivity contribution in [1.29, 1.82) is 0 Å². The van der Waals surface area contributed by atoms with Crippen LogP contribution in [0.15, 0.2) is 42.5 Å². The molecule has 2 N–H and O–H groups in total. The minimum Gasteiger partial charge on any atom is -0.490 e. The van der Waals surface area contributed by atoms with Crippen LogP contribution in [0.4, 0.5) is 5.69 Å². The second kappa shape index (κ2) is 9.31. The molecule has 0 atom stereocenters.